The van der Waals surface area contributed by atoms with E-state index in [4.69, 9.17) is 12.2 Å². The van der Waals surface area contributed by atoms with Gasteiger partial charge in [-0.1, -0.05) is 0 Å². The van der Waals surface area contributed by atoms with E-state index in [-0.39, 0.29) is 5.75 Å². The molecule has 0 saturated carbocycles. The second-order valence-electron chi connectivity index (χ2n) is 5.51. The molecule has 1 aromatic rings. The second kappa shape index (κ2) is 7.83. The summed E-state index contributed by atoms with van der Waals surface area (Å²) < 4.78 is 40.1. The molecule has 0 aromatic heterocycles. The van der Waals surface area contributed by atoms with Crippen LogP contribution in [-0.4, -0.2) is 37.2 Å². The van der Waals surface area contributed by atoms with Gasteiger partial charge in [-0.2, -0.15) is 0 Å². The Morgan fingerprint density at radius 3 is 2.65 bits per heavy atom. The van der Waals surface area contributed by atoms with Gasteiger partial charge < -0.3 is 20.3 Å². The number of benzene rings is 1. The molecule has 23 heavy (non-hydrogen) atoms. The van der Waals surface area contributed by atoms with Crippen molar-refractivity contribution in [3.05, 3.63) is 24.3 Å². The fourth-order valence-corrected chi connectivity index (χ4v) is 3.03. The molecule has 0 amide bonds. The van der Waals surface area contributed by atoms with E-state index < -0.39 is 6.36 Å². The molecule has 4 nitrogen and oxygen atoms in total. The first-order valence-corrected chi connectivity index (χ1v) is 8.03. The van der Waals surface area contributed by atoms with Gasteiger partial charge in [0.15, 0.2) is 5.11 Å². The van der Waals surface area contributed by atoms with Crippen molar-refractivity contribution < 1.29 is 22.8 Å². The van der Waals surface area contributed by atoms with Crippen molar-refractivity contribution in [3.8, 4) is 5.75 Å². The zero-order valence-corrected chi connectivity index (χ0v) is 13.7. The van der Waals surface area contributed by atoms with Gasteiger partial charge in [0.2, 0.25) is 0 Å². The number of rotatable bonds is 5. The first-order valence-electron chi connectivity index (χ1n) is 7.62. The van der Waals surface area contributed by atoms with E-state index in [0.717, 1.165) is 13.1 Å². The maximum absolute atomic E-state index is 12.1. The molecule has 1 heterocycles. The fourth-order valence-electron chi connectivity index (χ4n) is 2.83. The number of ether oxygens (including phenoxy) is 1. The third kappa shape index (κ3) is 5.87. The molecule has 3 N–H and O–H groups in total. The molecule has 2 atom stereocenters. The predicted molar refractivity (Wildman–Crippen MR) is 86.7 cm³/mol. The highest BCUT2D eigenvalue weighted by molar-refractivity contribution is 7.80. The normalized spacial score (nSPS) is 21.0. The summed E-state index contributed by atoms with van der Waals surface area (Å²) >= 11 is 5.22. The van der Waals surface area contributed by atoms with Crippen molar-refractivity contribution in [1.29, 1.82) is 0 Å². The summed E-state index contributed by atoms with van der Waals surface area (Å²) in [5.74, 6) is -0.255. The van der Waals surface area contributed by atoms with E-state index in [1.54, 1.807) is 4.90 Å². The highest BCUT2D eigenvalue weighted by Crippen LogP contribution is 2.23. The molecule has 1 aliphatic rings. The van der Waals surface area contributed by atoms with Gasteiger partial charge >= 0.3 is 6.36 Å². The SMILES string of the molecule is CC[NH+]1CCC[C@H]1CNC(=S)Nc1ccc(OC(F)(F)F)cc1. The van der Waals surface area contributed by atoms with Crippen molar-refractivity contribution in [2.75, 3.05) is 25.0 Å². The molecule has 0 spiro atoms. The van der Waals surface area contributed by atoms with E-state index >= 15 is 0 Å². The summed E-state index contributed by atoms with van der Waals surface area (Å²) in [4.78, 5) is 1.58. The number of thiocarbonyl (C=S) groups is 1. The molecule has 1 saturated heterocycles. The maximum atomic E-state index is 12.1. The van der Waals surface area contributed by atoms with Crippen molar-refractivity contribution >= 4 is 23.0 Å². The van der Waals surface area contributed by atoms with Gasteiger partial charge in [-0.15, -0.1) is 13.2 Å². The molecule has 1 fully saturated rings. The van der Waals surface area contributed by atoms with Crippen molar-refractivity contribution in [2.45, 2.75) is 32.2 Å². The number of quaternary nitrogens is 1. The molecular weight excluding hydrogens is 327 g/mol. The van der Waals surface area contributed by atoms with E-state index in [9.17, 15) is 13.2 Å². The van der Waals surface area contributed by atoms with Gasteiger partial charge in [-0.25, -0.2) is 0 Å². The molecule has 128 valence electrons. The van der Waals surface area contributed by atoms with Gasteiger partial charge in [0, 0.05) is 18.5 Å². The Kier molecular flexibility index (Phi) is 6.06. The average Bonchev–Trinajstić information content (AvgIpc) is 2.93. The zero-order chi connectivity index (χ0) is 16.9. The lowest BCUT2D eigenvalue weighted by atomic mass is 10.2. The van der Waals surface area contributed by atoms with Crippen LogP contribution in [-0.2, 0) is 0 Å². The van der Waals surface area contributed by atoms with Crippen LogP contribution in [0.3, 0.4) is 0 Å². The Morgan fingerprint density at radius 2 is 2.04 bits per heavy atom. The number of alkyl halides is 3. The van der Waals surface area contributed by atoms with Crippen LogP contribution < -0.4 is 20.3 Å². The average molecular weight is 348 g/mol. The number of anilines is 1. The molecule has 0 aliphatic carbocycles. The van der Waals surface area contributed by atoms with Crippen molar-refractivity contribution in [1.82, 2.24) is 5.32 Å². The molecule has 8 heteroatoms. The van der Waals surface area contributed by atoms with Crippen LogP contribution in [0.1, 0.15) is 19.8 Å². The summed E-state index contributed by atoms with van der Waals surface area (Å²) in [6.07, 6.45) is -2.26. The predicted octanol–water partition coefficient (Wildman–Crippen LogP) is 1.94. The van der Waals surface area contributed by atoms with E-state index in [1.807, 2.05) is 0 Å². The number of likely N-dealkylation sites (tertiary alicyclic amines) is 1. The standard InChI is InChI=1S/C15H20F3N3OS/c1-2-21-9-3-4-12(21)10-19-14(23)20-11-5-7-13(8-6-11)22-15(16,17)18/h5-8,12H,2-4,9-10H2,1H3,(H2,19,20,23)/p+1/t12-/m0/s1. The highest BCUT2D eigenvalue weighted by Gasteiger charge is 2.31. The number of likely N-dealkylation sites (N-methyl/N-ethyl adjacent to an activating group) is 1. The molecular formula is C15H21F3N3OS+. The van der Waals surface area contributed by atoms with E-state index in [1.165, 1.54) is 43.7 Å². The molecule has 0 radical (unpaired) electrons. The van der Waals surface area contributed by atoms with Gasteiger partial charge in [0.25, 0.3) is 0 Å². The van der Waals surface area contributed by atoms with Crippen molar-refractivity contribution in [2.24, 2.45) is 0 Å². The van der Waals surface area contributed by atoms with Gasteiger partial charge in [0.05, 0.1) is 19.6 Å². The summed E-state index contributed by atoms with van der Waals surface area (Å²) in [6, 6.07) is 6.04. The van der Waals surface area contributed by atoms with Crippen LogP contribution >= 0.6 is 12.2 Å². The number of hydrogen-bond acceptors (Lipinski definition) is 2. The lowest BCUT2D eigenvalue weighted by Gasteiger charge is -2.21. The van der Waals surface area contributed by atoms with Gasteiger partial charge in [-0.05, 0) is 43.4 Å². The second-order valence-corrected chi connectivity index (χ2v) is 5.92. The third-order valence-electron chi connectivity index (χ3n) is 3.94. The minimum Gasteiger partial charge on any atom is -0.406 e. The summed E-state index contributed by atoms with van der Waals surface area (Å²) in [5, 5.41) is 6.61. The van der Waals surface area contributed by atoms with E-state index in [2.05, 4.69) is 22.3 Å². The van der Waals surface area contributed by atoms with Crippen LogP contribution in [0.5, 0.6) is 5.75 Å². The summed E-state index contributed by atoms with van der Waals surface area (Å²) in [5.41, 5.74) is 0.614. The number of hydrogen-bond donors (Lipinski definition) is 3. The topological polar surface area (TPSA) is 37.7 Å². The molecule has 2 rings (SSSR count). The van der Waals surface area contributed by atoms with Gasteiger partial charge in [0.1, 0.15) is 11.8 Å². The Balaban J connectivity index is 1.79. The lowest BCUT2D eigenvalue weighted by Crippen LogP contribution is -3.14. The van der Waals surface area contributed by atoms with Crippen LogP contribution in [0.25, 0.3) is 0 Å². The number of halogens is 3. The Hall–Kier alpha value is -1.54. The highest BCUT2D eigenvalue weighted by atomic mass is 32.1. The monoisotopic (exact) mass is 348 g/mol. The Labute approximate surface area is 139 Å². The largest absolute Gasteiger partial charge is 0.573 e. The Bertz CT molecular complexity index is 522. The lowest BCUT2D eigenvalue weighted by molar-refractivity contribution is -0.909. The Morgan fingerprint density at radius 1 is 1.35 bits per heavy atom. The fraction of sp³-hybridized carbons (Fsp3) is 0.533. The minimum atomic E-state index is -4.68. The first kappa shape index (κ1) is 17.8. The summed E-state index contributed by atoms with van der Waals surface area (Å²) in [6.45, 7) is 5.27. The minimum absolute atomic E-state index is 0.255. The molecule has 1 aliphatic heterocycles. The zero-order valence-electron chi connectivity index (χ0n) is 12.9. The van der Waals surface area contributed by atoms with Crippen LogP contribution in [0.15, 0.2) is 24.3 Å². The third-order valence-corrected chi connectivity index (χ3v) is 4.18. The first-order chi connectivity index (χ1) is 10.9. The van der Waals surface area contributed by atoms with Gasteiger partial charge in [-0.3, -0.25) is 0 Å². The summed E-state index contributed by atoms with van der Waals surface area (Å²) in [7, 11) is 0. The smallest absolute Gasteiger partial charge is 0.406 e. The van der Waals surface area contributed by atoms with Crippen LogP contribution in [0.4, 0.5) is 18.9 Å². The molecule has 1 unspecified atom stereocenters. The molecule has 1 aromatic carbocycles. The van der Waals surface area contributed by atoms with Crippen LogP contribution in [0, 0.1) is 0 Å². The number of nitrogens with one attached hydrogen (secondary N) is 3. The van der Waals surface area contributed by atoms with Crippen molar-refractivity contribution in [3.63, 3.8) is 0 Å². The maximum Gasteiger partial charge on any atom is 0.573 e. The van der Waals surface area contributed by atoms with E-state index in [0.29, 0.717) is 16.8 Å². The van der Waals surface area contributed by atoms with Crippen LogP contribution in [0.2, 0.25) is 0 Å². The quantitative estimate of drug-likeness (QED) is 0.711. The molecule has 0 bridgehead atoms.